The first kappa shape index (κ1) is 34.4. The van der Waals surface area contributed by atoms with E-state index in [1.807, 2.05) is 6.92 Å². The van der Waals surface area contributed by atoms with E-state index >= 15 is 0 Å². The number of hydrogen-bond donors (Lipinski definition) is 1. The quantitative estimate of drug-likeness (QED) is 0.180. The van der Waals surface area contributed by atoms with Crippen molar-refractivity contribution in [2.75, 3.05) is 40.0 Å². The predicted octanol–water partition coefficient (Wildman–Crippen LogP) is 5.19. The number of allylic oxidation sites excluding steroid dienone is 5. The molecule has 0 radical (unpaired) electrons. The third kappa shape index (κ3) is 10.9. The summed E-state index contributed by atoms with van der Waals surface area (Å²) < 4.78 is 28.9. The van der Waals surface area contributed by atoms with E-state index in [1.165, 1.54) is 5.57 Å². The molecule has 1 aliphatic heterocycles. The minimum absolute atomic E-state index is 0.454. The first-order chi connectivity index (χ1) is 20.6. The summed E-state index contributed by atoms with van der Waals surface area (Å²) in [5, 5.41) is 4.10. The van der Waals surface area contributed by atoms with Crippen LogP contribution in [0.1, 0.15) is 64.6 Å². The summed E-state index contributed by atoms with van der Waals surface area (Å²) in [4.78, 5) is 19.7. The fraction of sp³-hybridized carbons (Fsp3) is 0.545. The van der Waals surface area contributed by atoms with Gasteiger partial charge in [0.2, 0.25) is 11.8 Å². The summed E-state index contributed by atoms with van der Waals surface area (Å²) in [5.74, 6) is 2.04. The molecule has 1 saturated heterocycles. The van der Waals surface area contributed by atoms with Crippen LogP contribution in [0.3, 0.4) is 0 Å². The number of nitrogens with zero attached hydrogens (tertiary/aromatic N) is 3. The molecule has 0 saturated carbocycles. The summed E-state index contributed by atoms with van der Waals surface area (Å²) in [6.45, 7) is 13.6. The van der Waals surface area contributed by atoms with Crippen LogP contribution in [-0.2, 0) is 33.2 Å². The lowest BCUT2D eigenvalue weighted by atomic mass is 9.95. The van der Waals surface area contributed by atoms with Gasteiger partial charge in [0, 0.05) is 44.5 Å². The van der Waals surface area contributed by atoms with Gasteiger partial charge in [-0.15, -0.1) is 0 Å². The fourth-order valence-electron chi connectivity index (χ4n) is 4.95. The lowest BCUT2D eigenvalue weighted by Gasteiger charge is -2.38. The van der Waals surface area contributed by atoms with Gasteiger partial charge in [-0.2, -0.15) is 4.98 Å². The molecule has 43 heavy (non-hydrogen) atoms. The van der Waals surface area contributed by atoms with Gasteiger partial charge < -0.3 is 24.6 Å². The maximum absolute atomic E-state index is 13.5. The van der Waals surface area contributed by atoms with Crippen molar-refractivity contribution in [3.05, 3.63) is 71.9 Å². The van der Waals surface area contributed by atoms with Crippen molar-refractivity contribution >= 4 is 16.7 Å². The number of primary amides is 1. The topological polar surface area (TPSA) is 121 Å². The number of likely N-dealkylation sites (tertiary alicyclic amines) is 1. The van der Waals surface area contributed by atoms with Crippen molar-refractivity contribution in [1.82, 2.24) is 15.0 Å². The second kappa shape index (κ2) is 17.3. The van der Waals surface area contributed by atoms with E-state index in [4.69, 9.17) is 19.7 Å². The lowest BCUT2D eigenvalue weighted by Crippen LogP contribution is -2.55. The SMILES string of the molecule is C=C(C)/C=C(\C=C/Cc1noc(CCCOc2ccc(S(=O)C3(C(N)=O)CCN(CCOC)CC3)cc2)n1)CCC(C)C. The number of aryl methyl sites for hydroxylation is 1. The number of piperidine rings is 1. The van der Waals surface area contributed by atoms with Gasteiger partial charge in [-0.3, -0.25) is 9.00 Å². The number of benzene rings is 1. The van der Waals surface area contributed by atoms with Gasteiger partial charge in [-0.1, -0.05) is 49.4 Å². The van der Waals surface area contributed by atoms with E-state index in [1.54, 1.807) is 31.4 Å². The molecule has 9 nitrogen and oxygen atoms in total. The summed E-state index contributed by atoms with van der Waals surface area (Å²) >= 11 is 0. The number of methoxy groups -OCH3 is 1. The normalized spacial score (nSPS) is 16.5. The smallest absolute Gasteiger partial charge is 0.236 e. The molecule has 2 heterocycles. The number of nitrogens with two attached hydrogens (primary N) is 1. The Morgan fingerprint density at radius 2 is 1.95 bits per heavy atom. The Bertz CT molecular complexity index is 1260. The van der Waals surface area contributed by atoms with E-state index in [0.717, 1.165) is 25.0 Å². The third-order valence-electron chi connectivity index (χ3n) is 7.51. The minimum Gasteiger partial charge on any atom is -0.494 e. The third-order valence-corrected chi connectivity index (χ3v) is 9.53. The standard InChI is InChI=1S/C33H48N4O5S/c1-25(2)11-12-27(24-26(3)4)8-6-9-30-35-31(42-36-30)10-7-22-41-28-13-15-29(16-14-28)43(39)33(32(34)38)17-19-37(20-18-33)21-23-40-5/h6,8,13-16,24-25H,3,7,9-12,17-23H2,1-2,4-5H3,(H2,34,38)/b8-6-,27-24+. The molecule has 1 fully saturated rings. The Labute approximate surface area is 259 Å². The number of amides is 1. The summed E-state index contributed by atoms with van der Waals surface area (Å²) in [6.07, 6.45) is 11.3. The molecule has 1 atom stereocenters. The highest BCUT2D eigenvalue weighted by molar-refractivity contribution is 7.87. The van der Waals surface area contributed by atoms with Crippen LogP contribution >= 0.6 is 0 Å². The Hall–Kier alpha value is -3.08. The van der Waals surface area contributed by atoms with Gasteiger partial charge in [0.25, 0.3) is 0 Å². The fourth-order valence-corrected chi connectivity index (χ4v) is 6.52. The van der Waals surface area contributed by atoms with Crippen LogP contribution in [0.4, 0.5) is 0 Å². The second-order valence-corrected chi connectivity index (χ2v) is 13.4. The minimum atomic E-state index is -1.56. The zero-order valence-electron chi connectivity index (χ0n) is 26.2. The number of rotatable bonds is 18. The number of hydrogen-bond acceptors (Lipinski definition) is 8. The first-order valence-electron chi connectivity index (χ1n) is 15.1. The van der Waals surface area contributed by atoms with Crippen LogP contribution < -0.4 is 10.5 Å². The molecule has 1 amide bonds. The van der Waals surface area contributed by atoms with Crippen LogP contribution in [0.25, 0.3) is 0 Å². The van der Waals surface area contributed by atoms with E-state index in [2.05, 4.69) is 53.7 Å². The Morgan fingerprint density at radius 3 is 2.58 bits per heavy atom. The molecule has 1 unspecified atom stereocenters. The van der Waals surface area contributed by atoms with Gasteiger partial charge in [0.15, 0.2) is 5.82 Å². The average molecular weight is 613 g/mol. The monoisotopic (exact) mass is 612 g/mol. The molecule has 1 aromatic heterocycles. The number of aromatic nitrogens is 2. The largest absolute Gasteiger partial charge is 0.494 e. The molecule has 0 aliphatic carbocycles. The summed E-state index contributed by atoms with van der Waals surface area (Å²) in [7, 11) is 0.108. The van der Waals surface area contributed by atoms with Crippen LogP contribution in [-0.4, -0.2) is 69.9 Å². The summed E-state index contributed by atoms with van der Waals surface area (Å²) in [6, 6.07) is 7.07. The van der Waals surface area contributed by atoms with Crippen molar-refractivity contribution < 1.29 is 23.0 Å². The van der Waals surface area contributed by atoms with Gasteiger partial charge in [0.1, 0.15) is 10.5 Å². The van der Waals surface area contributed by atoms with Crippen molar-refractivity contribution in [2.45, 2.75) is 75.4 Å². The predicted molar refractivity (Wildman–Crippen MR) is 170 cm³/mol. The van der Waals surface area contributed by atoms with Gasteiger partial charge in [-0.05, 0) is 74.8 Å². The zero-order chi connectivity index (χ0) is 31.2. The van der Waals surface area contributed by atoms with Crippen molar-refractivity contribution in [1.29, 1.82) is 0 Å². The Morgan fingerprint density at radius 1 is 1.23 bits per heavy atom. The van der Waals surface area contributed by atoms with Crippen molar-refractivity contribution in [3.63, 3.8) is 0 Å². The molecule has 0 bridgehead atoms. The molecule has 2 aromatic rings. The van der Waals surface area contributed by atoms with Crippen LogP contribution in [0.5, 0.6) is 5.75 Å². The second-order valence-electron chi connectivity index (χ2n) is 11.6. The van der Waals surface area contributed by atoms with Gasteiger partial charge in [-0.25, -0.2) is 0 Å². The number of ether oxygens (including phenoxy) is 2. The van der Waals surface area contributed by atoms with Gasteiger partial charge in [0.05, 0.1) is 24.0 Å². The molecule has 3 rings (SSSR count). The molecular weight excluding hydrogens is 564 g/mol. The molecule has 2 N–H and O–H groups in total. The Kier molecular flexibility index (Phi) is 13.8. The molecular formula is C33H48N4O5S. The molecule has 10 heteroatoms. The highest BCUT2D eigenvalue weighted by Gasteiger charge is 2.46. The Balaban J connectivity index is 1.45. The lowest BCUT2D eigenvalue weighted by molar-refractivity contribution is -0.121. The molecule has 1 aromatic carbocycles. The first-order valence-corrected chi connectivity index (χ1v) is 16.3. The average Bonchev–Trinajstić information content (AvgIpc) is 3.44. The van der Waals surface area contributed by atoms with Gasteiger partial charge >= 0.3 is 0 Å². The summed E-state index contributed by atoms with van der Waals surface area (Å²) in [5.41, 5.74) is 8.09. The van der Waals surface area contributed by atoms with Crippen molar-refractivity contribution in [2.24, 2.45) is 11.7 Å². The maximum Gasteiger partial charge on any atom is 0.236 e. The zero-order valence-corrected chi connectivity index (χ0v) is 27.0. The van der Waals surface area contributed by atoms with E-state index in [-0.39, 0.29) is 0 Å². The van der Waals surface area contributed by atoms with Crippen LogP contribution in [0.2, 0.25) is 0 Å². The van der Waals surface area contributed by atoms with E-state index in [0.29, 0.717) is 86.7 Å². The highest BCUT2D eigenvalue weighted by atomic mass is 32.2. The highest BCUT2D eigenvalue weighted by Crippen LogP contribution is 2.33. The molecule has 236 valence electrons. The van der Waals surface area contributed by atoms with Crippen LogP contribution in [0, 0.1) is 5.92 Å². The van der Waals surface area contributed by atoms with E-state index in [9.17, 15) is 9.00 Å². The number of carbonyl (C=O) groups is 1. The maximum atomic E-state index is 13.5. The molecule has 0 spiro atoms. The van der Waals surface area contributed by atoms with Crippen LogP contribution in [0.15, 0.2) is 69.6 Å². The number of carbonyl (C=O) groups excluding carboxylic acids is 1. The van der Waals surface area contributed by atoms with E-state index < -0.39 is 21.5 Å². The van der Waals surface area contributed by atoms with Crippen molar-refractivity contribution in [3.8, 4) is 5.75 Å². The molecule has 1 aliphatic rings.